The van der Waals surface area contributed by atoms with Crippen molar-refractivity contribution in [1.29, 1.82) is 0 Å². The van der Waals surface area contributed by atoms with E-state index in [-0.39, 0.29) is 11.8 Å². The molecule has 0 saturated carbocycles. The molecule has 166 valence electrons. The van der Waals surface area contributed by atoms with E-state index in [0.29, 0.717) is 49.0 Å². The van der Waals surface area contributed by atoms with E-state index in [4.69, 9.17) is 4.74 Å². The predicted molar refractivity (Wildman–Crippen MR) is 121 cm³/mol. The zero-order valence-corrected chi connectivity index (χ0v) is 18.2. The minimum Gasteiger partial charge on any atom is -0.489 e. The van der Waals surface area contributed by atoms with Crippen LogP contribution in [0.3, 0.4) is 0 Å². The molecule has 1 fully saturated rings. The molecule has 1 aromatic heterocycles. The fourth-order valence-corrected chi connectivity index (χ4v) is 3.86. The molecule has 4 rings (SSSR count). The van der Waals surface area contributed by atoms with Gasteiger partial charge in [0.1, 0.15) is 12.4 Å². The number of hydrogen-bond acceptors (Lipinski definition) is 4. The van der Waals surface area contributed by atoms with Gasteiger partial charge in [-0.3, -0.25) is 14.3 Å². The van der Waals surface area contributed by atoms with Crippen molar-refractivity contribution in [2.75, 3.05) is 19.6 Å². The molecule has 2 aromatic carbocycles. The molecular weight excluding hydrogens is 404 g/mol. The van der Waals surface area contributed by atoms with E-state index in [1.54, 1.807) is 24.1 Å². The van der Waals surface area contributed by atoms with Crippen LogP contribution in [-0.2, 0) is 13.7 Å². The first-order chi connectivity index (χ1) is 15.6. The third kappa shape index (κ3) is 5.55. The Labute approximate surface area is 188 Å². The van der Waals surface area contributed by atoms with Crippen LogP contribution < -0.4 is 10.1 Å². The van der Waals surface area contributed by atoms with Gasteiger partial charge in [-0.05, 0) is 42.5 Å². The summed E-state index contributed by atoms with van der Waals surface area (Å²) in [7, 11) is 1.79. The third-order valence-corrected chi connectivity index (χ3v) is 5.75. The molecule has 0 radical (unpaired) electrons. The molecule has 1 saturated heterocycles. The number of amides is 2. The highest BCUT2D eigenvalue weighted by Crippen LogP contribution is 2.21. The maximum atomic E-state index is 13.0. The molecule has 1 N–H and O–H groups in total. The molecule has 2 amide bonds. The lowest BCUT2D eigenvalue weighted by Crippen LogP contribution is -2.41. The minimum absolute atomic E-state index is 0.0213. The van der Waals surface area contributed by atoms with Gasteiger partial charge in [-0.1, -0.05) is 36.4 Å². The fraction of sp³-hybridized carbons (Fsp3) is 0.320. The average Bonchev–Trinajstić information content (AvgIpc) is 3.28. The van der Waals surface area contributed by atoms with Crippen molar-refractivity contribution in [1.82, 2.24) is 20.0 Å². The first-order valence-electron chi connectivity index (χ1n) is 10.9. The van der Waals surface area contributed by atoms with Gasteiger partial charge in [0.25, 0.3) is 11.8 Å². The van der Waals surface area contributed by atoms with Gasteiger partial charge in [0.15, 0.2) is 0 Å². The molecule has 3 aromatic rings. The van der Waals surface area contributed by atoms with Crippen LogP contribution in [0.25, 0.3) is 0 Å². The van der Waals surface area contributed by atoms with Gasteiger partial charge in [0.05, 0.1) is 11.8 Å². The summed E-state index contributed by atoms with van der Waals surface area (Å²) in [5.41, 5.74) is 2.29. The molecule has 0 aliphatic carbocycles. The zero-order chi connectivity index (χ0) is 22.3. The number of ether oxygens (including phenoxy) is 1. The van der Waals surface area contributed by atoms with Gasteiger partial charge in [-0.25, -0.2) is 0 Å². The fourth-order valence-electron chi connectivity index (χ4n) is 3.86. The van der Waals surface area contributed by atoms with E-state index in [9.17, 15) is 9.59 Å². The molecular formula is C25H28N4O3. The maximum absolute atomic E-state index is 13.0. The second kappa shape index (κ2) is 10.1. The summed E-state index contributed by atoms with van der Waals surface area (Å²) >= 11 is 0. The summed E-state index contributed by atoms with van der Waals surface area (Å²) in [6.45, 7) is 2.44. The zero-order valence-electron chi connectivity index (χ0n) is 18.2. The van der Waals surface area contributed by atoms with Gasteiger partial charge >= 0.3 is 0 Å². The largest absolute Gasteiger partial charge is 0.489 e. The lowest BCUT2D eigenvalue weighted by Gasteiger charge is -2.32. The Morgan fingerprint density at radius 2 is 1.84 bits per heavy atom. The molecule has 1 aliphatic heterocycles. The number of aryl methyl sites for hydroxylation is 1. The number of carbonyl (C=O) groups excluding carboxylic acids is 2. The number of piperidine rings is 1. The Bertz CT molecular complexity index is 1060. The quantitative estimate of drug-likeness (QED) is 0.622. The van der Waals surface area contributed by atoms with Gasteiger partial charge in [-0.15, -0.1) is 0 Å². The Kier molecular flexibility index (Phi) is 6.84. The van der Waals surface area contributed by atoms with Gasteiger partial charge < -0.3 is 15.0 Å². The Hall–Kier alpha value is -3.61. The minimum atomic E-state index is -0.107. The second-order valence-corrected chi connectivity index (χ2v) is 8.15. The molecule has 0 bridgehead atoms. The summed E-state index contributed by atoms with van der Waals surface area (Å²) in [4.78, 5) is 27.1. The lowest BCUT2D eigenvalue weighted by atomic mass is 9.96. The summed E-state index contributed by atoms with van der Waals surface area (Å²) in [6, 6.07) is 17.3. The van der Waals surface area contributed by atoms with Crippen LogP contribution in [-0.4, -0.2) is 46.1 Å². The van der Waals surface area contributed by atoms with Crippen LogP contribution in [0.4, 0.5) is 0 Å². The second-order valence-electron chi connectivity index (χ2n) is 8.15. The van der Waals surface area contributed by atoms with E-state index in [1.165, 1.54) is 0 Å². The Morgan fingerprint density at radius 3 is 2.56 bits per heavy atom. The van der Waals surface area contributed by atoms with Crippen molar-refractivity contribution >= 4 is 11.8 Å². The van der Waals surface area contributed by atoms with Crippen LogP contribution in [0, 0.1) is 5.92 Å². The molecule has 7 heteroatoms. The number of hydrogen-bond donors (Lipinski definition) is 1. The first kappa shape index (κ1) is 21.6. The van der Waals surface area contributed by atoms with Gasteiger partial charge in [0.2, 0.25) is 0 Å². The van der Waals surface area contributed by atoms with Crippen LogP contribution in [0.15, 0.2) is 67.0 Å². The smallest absolute Gasteiger partial charge is 0.254 e. The molecule has 0 spiro atoms. The number of likely N-dealkylation sites (tertiary alicyclic amines) is 1. The van der Waals surface area contributed by atoms with E-state index in [0.717, 1.165) is 18.4 Å². The van der Waals surface area contributed by atoms with Crippen LogP contribution >= 0.6 is 0 Å². The first-order valence-corrected chi connectivity index (χ1v) is 10.9. The molecule has 0 atom stereocenters. The normalized spacial score (nSPS) is 14.2. The summed E-state index contributed by atoms with van der Waals surface area (Å²) < 4.78 is 7.47. The molecule has 7 nitrogen and oxygen atoms in total. The number of rotatable bonds is 7. The van der Waals surface area contributed by atoms with Crippen molar-refractivity contribution in [2.24, 2.45) is 13.0 Å². The average molecular weight is 433 g/mol. The number of aromatic nitrogens is 2. The van der Waals surface area contributed by atoms with E-state index < -0.39 is 0 Å². The predicted octanol–water partition coefficient (Wildman–Crippen LogP) is 3.28. The van der Waals surface area contributed by atoms with Crippen molar-refractivity contribution in [2.45, 2.75) is 19.4 Å². The highest BCUT2D eigenvalue weighted by molar-refractivity contribution is 5.95. The maximum Gasteiger partial charge on any atom is 0.254 e. The van der Waals surface area contributed by atoms with Crippen molar-refractivity contribution < 1.29 is 14.3 Å². The summed E-state index contributed by atoms with van der Waals surface area (Å²) in [5.74, 6) is 0.963. The molecule has 2 heterocycles. The highest BCUT2D eigenvalue weighted by Gasteiger charge is 2.24. The summed E-state index contributed by atoms with van der Waals surface area (Å²) in [5, 5.41) is 7.01. The summed E-state index contributed by atoms with van der Waals surface area (Å²) in [6.07, 6.45) is 5.00. The van der Waals surface area contributed by atoms with Crippen molar-refractivity contribution in [3.8, 4) is 5.75 Å². The topological polar surface area (TPSA) is 76.5 Å². The van der Waals surface area contributed by atoms with Crippen LogP contribution in [0.5, 0.6) is 5.75 Å². The van der Waals surface area contributed by atoms with E-state index in [1.807, 2.05) is 59.5 Å². The third-order valence-electron chi connectivity index (χ3n) is 5.75. The highest BCUT2D eigenvalue weighted by atomic mass is 16.5. The van der Waals surface area contributed by atoms with E-state index >= 15 is 0 Å². The SMILES string of the molecule is Cn1cc(C(=O)NCC2CCN(C(=O)c3cccc(OCc4ccccc4)c3)CC2)cn1. The van der Waals surface area contributed by atoms with Gasteiger partial charge in [-0.2, -0.15) is 5.10 Å². The molecule has 32 heavy (non-hydrogen) atoms. The molecule has 1 aliphatic rings. The van der Waals surface area contributed by atoms with Crippen LogP contribution in [0.2, 0.25) is 0 Å². The van der Waals surface area contributed by atoms with Crippen LogP contribution in [0.1, 0.15) is 39.1 Å². The standard InChI is InChI=1S/C25H28N4O3/c1-28-17-22(16-27-28)24(30)26-15-19-10-12-29(13-11-19)25(31)21-8-5-9-23(14-21)32-18-20-6-3-2-4-7-20/h2-9,14,16-17,19H,10-13,15,18H2,1H3,(H,26,30). The Morgan fingerprint density at radius 1 is 1.06 bits per heavy atom. The molecule has 0 unspecified atom stereocenters. The van der Waals surface area contributed by atoms with Gasteiger partial charge in [0, 0.05) is 38.4 Å². The number of carbonyl (C=O) groups is 2. The van der Waals surface area contributed by atoms with Crippen molar-refractivity contribution in [3.05, 3.63) is 83.7 Å². The Balaban J connectivity index is 1.25. The number of benzene rings is 2. The number of nitrogens with zero attached hydrogens (tertiary/aromatic N) is 3. The van der Waals surface area contributed by atoms with Crippen molar-refractivity contribution in [3.63, 3.8) is 0 Å². The number of nitrogens with one attached hydrogen (secondary N) is 1. The monoisotopic (exact) mass is 432 g/mol. The van der Waals surface area contributed by atoms with E-state index in [2.05, 4.69) is 10.4 Å². The lowest BCUT2D eigenvalue weighted by molar-refractivity contribution is 0.0684.